The zero-order valence-corrected chi connectivity index (χ0v) is 28.4. The van der Waals surface area contributed by atoms with Crippen LogP contribution in [0.4, 0.5) is 0 Å². The van der Waals surface area contributed by atoms with Crippen LogP contribution in [0.15, 0.2) is 131 Å². The van der Waals surface area contributed by atoms with E-state index in [1.54, 1.807) is 0 Å². The van der Waals surface area contributed by atoms with E-state index >= 15 is 0 Å². The van der Waals surface area contributed by atoms with Crippen LogP contribution >= 0.6 is 0 Å². The largest absolute Gasteiger partial charge is 0.390 e. The van der Waals surface area contributed by atoms with E-state index in [1.807, 2.05) is 27.7 Å². The summed E-state index contributed by atoms with van der Waals surface area (Å²) in [5, 5.41) is 19.6. The van der Waals surface area contributed by atoms with Gasteiger partial charge in [0.2, 0.25) is 0 Å². The van der Waals surface area contributed by atoms with Gasteiger partial charge in [-0.15, -0.1) is 0 Å². The van der Waals surface area contributed by atoms with Crippen molar-refractivity contribution in [2.24, 2.45) is 0 Å². The Morgan fingerprint density at radius 1 is 0.429 bits per heavy atom. The number of hydrogen-bond acceptors (Lipinski definition) is 2. The highest BCUT2D eigenvalue weighted by Gasteiger charge is 2.11. The van der Waals surface area contributed by atoms with E-state index in [0.29, 0.717) is 0 Å². The molecule has 0 saturated carbocycles. The minimum atomic E-state index is -0.579. The van der Waals surface area contributed by atoms with Gasteiger partial charge in [-0.3, -0.25) is 0 Å². The molecule has 2 N–H and O–H groups in total. The maximum absolute atomic E-state index is 9.82. The third-order valence-electron chi connectivity index (χ3n) is 6.46. The number of aliphatic hydroxyl groups is 2. The van der Waals surface area contributed by atoms with Crippen LogP contribution in [0.3, 0.4) is 0 Å². The van der Waals surface area contributed by atoms with Gasteiger partial charge in [0.05, 0.1) is 11.2 Å². The van der Waals surface area contributed by atoms with E-state index < -0.39 is 11.2 Å². The van der Waals surface area contributed by atoms with E-state index in [2.05, 4.69) is 139 Å². The molecule has 0 fully saturated rings. The Balaban J connectivity index is 4.67. The smallest absolute Gasteiger partial charge is 0.0591 e. The number of allylic oxidation sites excluding steroid dienone is 22. The Bertz CT molecular complexity index is 1030. The molecule has 0 aromatic rings. The van der Waals surface area contributed by atoms with Gasteiger partial charge in [0.15, 0.2) is 0 Å². The van der Waals surface area contributed by atoms with Crippen LogP contribution in [0.1, 0.15) is 108 Å². The molecule has 0 bridgehead atoms. The highest BCUT2D eigenvalue weighted by Crippen LogP contribution is 2.16. The van der Waals surface area contributed by atoms with Crippen molar-refractivity contribution in [2.75, 3.05) is 0 Å². The van der Waals surface area contributed by atoms with Crippen molar-refractivity contribution in [3.05, 3.63) is 131 Å². The average molecular weight is 573 g/mol. The Morgan fingerprint density at radius 3 is 0.976 bits per heavy atom. The molecule has 0 aliphatic heterocycles. The van der Waals surface area contributed by atoms with Crippen molar-refractivity contribution in [3.63, 3.8) is 0 Å². The van der Waals surface area contributed by atoms with Crippen molar-refractivity contribution >= 4 is 0 Å². The predicted molar refractivity (Wildman–Crippen MR) is 189 cm³/mol. The molecule has 0 heterocycles. The number of hydrogen-bond donors (Lipinski definition) is 2. The summed E-state index contributed by atoms with van der Waals surface area (Å²) in [6, 6.07) is 0. The standard InChI is InChI=1S/C40H60O2/c1-33(21-13-23-35(3)25-15-27-37(5)29-17-31-39(7,8)41)19-11-12-20-34(2)22-14-24-36(4)26-16-28-38(6)30-18-32-40(9,10)42/h11-16,19-28,41-42H,17-18,29-32H2,1-10H3/b12-11+,21-13-,22-14+,25-15-,26-16-,33-19-,34-20+,35-23-,36-24-,37-27+,38-28+. The summed E-state index contributed by atoms with van der Waals surface area (Å²) < 4.78 is 0. The van der Waals surface area contributed by atoms with Crippen LogP contribution in [-0.2, 0) is 0 Å². The molecular weight excluding hydrogens is 512 g/mol. The van der Waals surface area contributed by atoms with Gasteiger partial charge >= 0.3 is 0 Å². The summed E-state index contributed by atoms with van der Waals surface area (Å²) in [5.41, 5.74) is 6.28. The van der Waals surface area contributed by atoms with E-state index in [9.17, 15) is 10.2 Å². The van der Waals surface area contributed by atoms with Gasteiger partial charge in [0.1, 0.15) is 0 Å². The lowest BCUT2D eigenvalue weighted by Crippen LogP contribution is -2.17. The Labute approximate surface area is 259 Å². The summed E-state index contributed by atoms with van der Waals surface area (Å²) in [4.78, 5) is 0. The van der Waals surface area contributed by atoms with E-state index in [0.717, 1.165) is 38.5 Å². The third kappa shape index (κ3) is 27.2. The predicted octanol–water partition coefficient (Wildman–Crippen LogP) is 11.3. The van der Waals surface area contributed by atoms with Crippen LogP contribution in [0.5, 0.6) is 0 Å². The van der Waals surface area contributed by atoms with Gasteiger partial charge in [-0.25, -0.2) is 0 Å². The molecule has 0 rings (SSSR count). The van der Waals surface area contributed by atoms with Crippen LogP contribution in [0, 0.1) is 0 Å². The quantitative estimate of drug-likeness (QED) is 0.160. The van der Waals surface area contributed by atoms with Gasteiger partial charge in [-0.05, 0) is 108 Å². The minimum absolute atomic E-state index is 0.579. The first kappa shape index (κ1) is 39.1. The first-order valence-corrected chi connectivity index (χ1v) is 15.4. The molecule has 2 nitrogen and oxygen atoms in total. The second kappa shape index (κ2) is 21.7. The van der Waals surface area contributed by atoms with Crippen LogP contribution in [-0.4, -0.2) is 21.4 Å². The molecule has 0 unspecified atom stereocenters. The molecule has 0 saturated heterocycles. The van der Waals surface area contributed by atoms with E-state index in [4.69, 9.17) is 0 Å². The summed E-state index contributed by atoms with van der Waals surface area (Å²) in [5.74, 6) is 0. The molecule has 0 atom stereocenters. The Hall–Kier alpha value is -2.94. The average Bonchev–Trinajstić information content (AvgIpc) is 2.85. The highest BCUT2D eigenvalue weighted by atomic mass is 16.3. The van der Waals surface area contributed by atoms with Crippen LogP contribution in [0.25, 0.3) is 0 Å². The molecule has 0 aromatic heterocycles. The molecule has 0 aliphatic rings. The normalized spacial score (nSPS) is 16.1. The van der Waals surface area contributed by atoms with Crippen molar-refractivity contribution in [3.8, 4) is 0 Å². The fourth-order valence-corrected chi connectivity index (χ4v) is 3.83. The van der Waals surface area contributed by atoms with E-state index in [-0.39, 0.29) is 0 Å². The molecule has 0 aromatic carbocycles. The molecule has 0 spiro atoms. The summed E-state index contributed by atoms with van der Waals surface area (Å²) >= 11 is 0. The lowest BCUT2D eigenvalue weighted by atomic mass is 9.99. The van der Waals surface area contributed by atoms with Crippen LogP contribution < -0.4 is 0 Å². The molecule has 0 amide bonds. The lowest BCUT2D eigenvalue weighted by molar-refractivity contribution is 0.0683. The van der Waals surface area contributed by atoms with Gasteiger partial charge in [-0.2, -0.15) is 0 Å². The molecule has 2 heteroatoms. The highest BCUT2D eigenvalue weighted by molar-refractivity contribution is 5.32. The van der Waals surface area contributed by atoms with Crippen molar-refractivity contribution < 1.29 is 10.2 Å². The van der Waals surface area contributed by atoms with Crippen molar-refractivity contribution in [2.45, 2.75) is 119 Å². The van der Waals surface area contributed by atoms with Crippen molar-refractivity contribution in [1.82, 2.24) is 0 Å². The second-order valence-electron chi connectivity index (χ2n) is 12.8. The zero-order valence-electron chi connectivity index (χ0n) is 28.4. The maximum Gasteiger partial charge on any atom is 0.0591 e. The van der Waals surface area contributed by atoms with Gasteiger partial charge in [-0.1, -0.05) is 131 Å². The molecule has 0 radical (unpaired) electrons. The molecule has 232 valence electrons. The molecule has 42 heavy (non-hydrogen) atoms. The lowest BCUT2D eigenvalue weighted by Gasteiger charge is -2.16. The third-order valence-corrected chi connectivity index (χ3v) is 6.46. The zero-order chi connectivity index (χ0) is 32.0. The SMILES string of the molecule is CC(/C=C\C=C(/C)CCCC(C)(C)O)=C/C=C\C(C)=C/C=C/C=C(C)/C=C/C=C(C)\C=C/C=C(\C)CCCC(C)(C)O. The summed E-state index contributed by atoms with van der Waals surface area (Å²) in [6.07, 6.45) is 39.4. The maximum atomic E-state index is 9.82. The van der Waals surface area contributed by atoms with Gasteiger partial charge in [0, 0.05) is 0 Å². The number of rotatable bonds is 18. The Morgan fingerprint density at radius 2 is 0.690 bits per heavy atom. The first-order valence-electron chi connectivity index (χ1n) is 15.4. The fraction of sp³-hybridized carbons (Fsp3) is 0.450. The second-order valence-corrected chi connectivity index (χ2v) is 12.8. The Kier molecular flexibility index (Phi) is 20.2. The van der Waals surface area contributed by atoms with Gasteiger partial charge < -0.3 is 10.2 Å². The van der Waals surface area contributed by atoms with Gasteiger partial charge in [0.25, 0.3) is 0 Å². The molecular formula is C40H60O2. The van der Waals surface area contributed by atoms with E-state index in [1.165, 1.54) is 33.4 Å². The summed E-state index contributed by atoms with van der Waals surface area (Å²) in [7, 11) is 0. The van der Waals surface area contributed by atoms with Crippen LogP contribution in [0.2, 0.25) is 0 Å². The summed E-state index contributed by atoms with van der Waals surface area (Å²) in [6.45, 7) is 20.2. The first-order chi connectivity index (χ1) is 19.6. The topological polar surface area (TPSA) is 40.5 Å². The molecule has 0 aliphatic carbocycles. The minimum Gasteiger partial charge on any atom is -0.390 e. The van der Waals surface area contributed by atoms with Crippen molar-refractivity contribution in [1.29, 1.82) is 0 Å². The monoisotopic (exact) mass is 572 g/mol. The fourth-order valence-electron chi connectivity index (χ4n) is 3.83.